The van der Waals surface area contributed by atoms with Crippen molar-refractivity contribution in [1.82, 2.24) is 4.90 Å². The first-order chi connectivity index (χ1) is 13.9. The average molecular weight is 398 g/mol. The van der Waals surface area contributed by atoms with E-state index in [0.29, 0.717) is 30.2 Å². The Morgan fingerprint density at radius 1 is 1.21 bits per heavy atom. The molecule has 29 heavy (non-hydrogen) atoms. The number of carboxylic acid groups (broad SMARTS) is 1. The summed E-state index contributed by atoms with van der Waals surface area (Å²) < 4.78 is 11.8. The van der Waals surface area contributed by atoms with E-state index in [2.05, 4.69) is 13.2 Å². The van der Waals surface area contributed by atoms with Gasteiger partial charge in [0.1, 0.15) is 23.4 Å². The number of aliphatic carboxylic acids is 1. The SMILES string of the molecule is C=C/C=C\C(=C)Oc1ccc(OC(CCN(C)CC(=O)O)C(/C=C\C)=C/C)cc1. The summed E-state index contributed by atoms with van der Waals surface area (Å²) in [6.45, 7) is 12.0. The molecule has 1 aromatic carbocycles. The van der Waals surface area contributed by atoms with Crippen molar-refractivity contribution in [2.24, 2.45) is 0 Å². The Hall–Kier alpha value is -3.05. The van der Waals surface area contributed by atoms with Gasteiger partial charge in [-0.15, -0.1) is 0 Å². The van der Waals surface area contributed by atoms with Crippen LogP contribution in [0.4, 0.5) is 0 Å². The zero-order chi connectivity index (χ0) is 21.6. The van der Waals surface area contributed by atoms with Crippen LogP contribution in [0.5, 0.6) is 11.5 Å². The van der Waals surface area contributed by atoms with E-state index in [-0.39, 0.29) is 12.6 Å². The van der Waals surface area contributed by atoms with Gasteiger partial charge in [-0.2, -0.15) is 0 Å². The number of benzene rings is 1. The van der Waals surface area contributed by atoms with E-state index in [1.807, 2.05) is 56.3 Å². The number of allylic oxidation sites excluding steroid dienone is 5. The summed E-state index contributed by atoms with van der Waals surface area (Å²) in [4.78, 5) is 12.6. The van der Waals surface area contributed by atoms with Gasteiger partial charge in [-0.1, -0.05) is 43.5 Å². The Labute approximate surface area is 173 Å². The van der Waals surface area contributed by atoms with Crippen LogP contribution in [0, 0.1) is 0 Å². The number of nitrogens with zero attached hydrogens (tertiary/aromatic N) is 1. The topological polar surface area (TPSA) is 59.0 Å². The Morgan fingerprint density at radius 2 is 1.86 bits per heavy atom. The minimum absolute atomic E-state index is 0.00225. The van der Waals surface area contributed by atoms with E-state index < -0.39 is 5.97 Å². The minimum atomic E-state index is -0.843. The van der Waals surface area contributed by atoms with Gasteiger partial charge in [0.25, 0.3) is 0 Å². The minimum Gasteiger partial charge on any atom is -0.486 e. The van der Waals surface area contributed by atoms with E-state index in [4.69, 9.17) is 14.6 Å². The van der Waals surface area contributed by atoms with Crippen molar-refractivity contribution in [3.63, 3.8) is 0 Å². The molecule has 1 rings (SSSR count). The molecule has 0 amide bonds. The highest BCUT2D eigenvalue weighted by molar-refractivity contribution is 5.69. The van der Waals surface area contributed by atoms with Crippen LogP contribution in [0.15, 0.2) is 85.2 Å². The average Bonchev–Trinajstić information content (AvgIpc) is 2.68. The van der Waals surface area contributed by atoms with Gasteiger partial charge in [-0.25, -0.2) is 0 Å². The molecule has 0 aliphatic rings. The molecule has 0 heterocycles. The molecule has 5 heteroatoms. The number of carboxylic acids is 1. The third kappa shape index (κ3) is 9.63. The number of rotatable bonds is 13. The second kappa shape index (κ2) is 13.2. The second-order valence-electron chi connectivity index (χ2n) is 6.45. The fourth-order valence-corrected chi connectivity index (χ4v) is 2.63. The maximum Gasteiger partial charge on any atom is 0.317 e. The van der Waals surface area contributed by atoms with Gasteiger partial charge in [0, 0.05) is 13.0 Å². The van der Waals surface area contributed by atoms with Gasteiger partial charge in [-0.05, 0) is 56.8 Å². The van der Waals surface area contributed by atoms with E-state index in [0.717, 1.165) is 5.57 Å². The van der Waals surface area contributed by atoms with Gasteiger partial charge in [-0.3, -0.25) is 9.69 Å². The van der Waals surface area contributed by atoms with E-state index >= 15 is 0 Å². The molecule has 0 bridgehead atoms. The molecule has 1 N–H and O–H groups in total. The molecule has 0 aliphatic heterocycles. The second-order valence-corrected chi connectivity index (χ2v) is 6.45. The van der Waals surface area contributed by atoms with Crippen LogP contribution < -0.4 is 9.47 Å². The highest BCUT2D eigenvalue weighted by atomic mass is 16.5. The van der Waals surface area contributed by atoms with Gasteiger partial charge in [0.05, 0.1) is 6.54 Å². The molecule has 0 fully saturated rings. The van der Waals surface area contributed by atoms with Crippen molar-refractivity contribution in [2.45, 2.75) is 26.4 Å². The summed E-state index contributed by atoms with van der Waals surface area (Å²) in [6, 6.07) is 7.33. The highest BCUT2D eigenvalue weighted by Crippen LogP contribution is 2.23. The number of hydrogen-bond donors (Lipinski definition) is 1. The van der Waals surface area contributed by atoms with Gasteiger partial charge in [0.2, 0.25) is 0 Å². The van der Waals surface area contributed by atoms with Crippen LogP contribution in [0.25, 0.3) is 0 Å². The maximum atomic E-state index is 10.9. The van der Waals surface area contributed by atoms with Crippen LogP contribution in [0.1, 0.15) is 20.3 Å². The van der Waals surface area contributed by atoms with E-state index in [9.17, 15) is 4.79 Å². The van der Waals surface area contributed by atoms with Crippen LogP contribution in [0.3, 0.4) is 0 Å². The first-order valence-electron chi connectivity index (χ1n) is 9.51. The van der Waals surface area contributed by atoms with Gasteiger partial charge >= 0.3 is 5.97 Å². The number of likely N-dealkylation sites (N-methyl/N-ethyl adjacent to an activating group) is 1. The molecule has 0 spiro atoms. The first kappa shape index (κ1) is 24.0. The predicted octanol–water partition coefficient (Wildman–Crippen LogP) is 5.00. The molecular weight excluding hydrogens is 366 g/mol. The van der Waals surface area contributed by atoms with Crippen molar-refractivity contribution in [2.75, 3.05) is 20.1 Å². The molecule has 156 valence electrons. The first-order valence-corrected chi connectivity index (χ1v) is 9.51. The van der Waals surface area contributed by atoms with Gasteiger partial charge in [0.15, 0.2) is 0 Å². The summed E-state index contributed by atoms with van der Waals surface area (Å²) in [5.74, 6) is 1.04. The fourth-order valence-electron chi connectivity index (χ4n) is 2.63. The smallest absolute Gasteiger partial charge is 0.317 e. The van der Waals surface area contributed by atoms with Crippen LogP contribution in [-0.4, -0.2) is 42.2 Å². The Kier molecular flexibility index (Phi) is 10.9. The molecule has 1 atom stereocenters. The molecule has 0 saturated carbocycles. The van der Waals surface area contributed by atoms with Crippen molar-refractivity contribution < 1.29 is 19.4 Å². The lowest BCUT2D eigenvalue weighted by Gasteiger charge is -2.23. The molecule has 0 aliphatic carbocycles. The van der Waals surface area contributed by atoms with Crippen LogP contribution >= 0.6 is 0 Å². The van der Waals surface area contributed by atoms with Crippen molar-refractivity contribution in [1.29, 1.82) is 0 Å². The third-order valence-electron chi connectivity index (χ3n) is 4.01. The largest absolute Gasteiger partial charge is 0.486 e. The normalized spacial score (nSPS) is 13.0. The van der Waals surface area contributed by atoms with Crippen LogP contribution in [-0.2, 0) is 4.79 Å². The summed E-state index contributed by atoms with van der Waals surface area (Å²) in [6.07, 6.45) is 11.6. The monoisotopic (exact) mass is 397 g/mol. The number of ether oxygens (including phenoxy) is 2. The lowest BCUT2D eigenvalue weighted by molar-refractivity contribution is -0.138. The Bertz CT molecular complexity index is 760. The Balaban J connectivity index is 2.84. The summed E-state index contributed by atoms with van der Waals surface area (Å²) in [5.41, 5.74) is 1.04. The van der Waals surface area contributed by atoms with E-state index in [1.54, 1.807) is 30.2 Å². The maximum absolute atomic E-state index is 10.9. The lowest BCUT2D eigenvalue weighted by atomic mass is 10.1. The summed E-state index contributed by atoms with van der Waals surface area (Å²) >= 11 is 0. The molecule has 0 aromatic heterocycles. The van der Waals surface area contributed by atoms with Crippen molar-refractivity contribution in [3.05, 3.63) is 85.2 Å². The van der Waals surface area contributed by atoms with E-state index in [1.165, 1.54) is 0 Å². The summed E-state index contributed by atoms with van der Waals surface area (Å²) in [7, 11) is 1.79. The quantitative estimate of drug-likeness (QED) is 0.375. The number of hydrogen-bond acceptors (Lipinski definition) is 4. The predicted molar refractivity (Wildman–Crippen MR) is 118 cm³/mol. The highest BCUT2D eigenvalue weighted by Gasteiger charge is 2.16. The lowest BCUT2D eigenvalue weighted by Crippen LogP contribution is -2.31. The molecule has 0 radical (unpaired) electrons. The molecule has 1 unspecified atom stereocenters. The third-order valence-corrected chi connectivity index (χ3v) is 4.01. The number of carbonyl (C=O) groups is 1. The van der Waals surface area contributed by atoms with Gasteiger partial charge < -0.3 is 14.6 Å². The van der Waals surface area contributed by atoms with Crippen LogP contribution in [0.2, 0.25) is 0 Å². The zero-order valence-corrected chi connectivity index (χ0v) is 17.5. The van der Waals surface area contributed by atoms with Crippen molar-refractivity contribution in [3.8, 4) is 11.5 Å². The zero-order valence-electron chi connectivity index (χ0n) is 17.5. The molecule has 0 saturated heterocycles. The standard InChI is InChI=1S/C24H31NO4/c1-6-9-11-19(4)28-21-12-14-22(15-13-21)29-23(20(8-3)10-7-2)16-17-25(5)18-24(26)27/h6-15,23H,1,4,16-18H2,2-3,5H3,(H,26,27)/b10-7-,11-9-,20-8+. The summed E-state index contributed by atoms with van der Waals surface area (Å²) in [5, 5.41) is 8.94. The molecule has 5 nitrogen and oxygen atoms in total. The molecular formula is C24H31NO4. The fraction of sp³-hybridized carbons (Fsp3) is 0.292. The Morgan fingerprint density at radius 3 is 2.41 bits per heavy atom. The van der Waals surface area contributed by atoms with Crippen molar-refractivity contribution >= 4 is 5.97 Å². The molecule has 1 aromatic rings.